The fraction of sp³-hybridized carbons (Fsp3) is 0.464. The number of nitrogens with one attached hydrogen (secondary N) is 2. The number of rotatable bonds is 7. The van der Waals surface area contributed by atoms with Crippen LogP contribution in [0.3, 0.4) is 0 Å². The maximum Gasteiger partial charge on any atom is 0.251 e. The van der Waals surface area contributed by atoms with Crippen molar-refractivity contribution in [3.05, 3.63) is 65.5 Å². The van der Waals surface area contributed by atoms with Crippen LogP contribution in [-0.4, -0.2) is 57.1 Å². The van der Waals surface area contributed by atoms with Crippen LogP contribution in [0.15, 0.2) is 48.5 Å². The molecule has 1 aliphatic rings. The number of imidazole rings is 1. The third-order valence-electron chi connectivity index (χ3n) is 6.61. The highest BCUT2D eigenvalue weighted by atomic mass is 16.5. The average molecular weight is 492 g/mol. The Morgan fingerprint density at radius 1 is 1.08 bits per heavy atom. The zero-order valence-electron chi connectivity index (χ0n) is 21.8. The number of fused-ring (bicyclic) bond motifs is 1. The molecule has 2 aromatic carbocycles. The van der Waals surface area contributed by atoms with Gasteiger partial charge in [0.05, 0.1) is 23.0 Å². The minimum Gasteiger partial charge on any atom is -0.347 e. The van der Waals surface area contributed by atoms with Gasteiger partial charge in [0.2, 0.25) is 5.91 Å². The first-order valence-electron chi connectivity index (χ1n) is 12.6. The lowest BCUT2D eigenvalue weighted by Crippen LogP contribution is -2.45. The van der Waals surface area contributed by atoms with Crippen LogP contribution in [0, 0.1) is 11.3 Å². The zero-order valence-corrected chi connectivity index (χ0v) is 21.8. The van der Waals surface area contributed by atoms with Crippen LogP contribution in [-0.2, 0) is 11.3 Å². The summed E-state index contributed by atoms with van der Waals surface area (Å²) in [6.45, 7) is 13.2. The lowest BCUT2D eigenvalue weighted by molar-refractivity contribution is -0.133. The summed E-state index contributed by atoms with van der Waals surface area (Å²) in [5, 5.41) is 12.2. The van der Waals surface area contributed by atoms with E-state index in [1.165, 1.54) is 0 Å². The van der Waals surface area contributed by atoms with Gasteiger partial charge in [-0.3, -0.25) is 19.7 Å². The number of nitrogens with zero attached hydrogens (tertiary/aromatic N) is 3. The predicted molar refractivity (Wildman–Crippen MR) is 140 cm³/mol. The van der Waals surface area contributed by atoms with Gasteiger partial charge in [-0.1, -0.05) is 58.9 Å². The Bertz CT molecular complexity index is 1230. The van der Waals surface area contributed by atoms with Crippen LogP contribution >= 0.6 is 0 Å². The number of benzene rings is 2. The van der Waals surface area contributed by atoms with E-state index in [1.807, 2.05) is 42.5 Å². The Kier molecular flexibility index (Phi) is 7.47. The summed E-state index contributed by atoms with van der Waals surface area (Å²) in [5.41, 5.74) is 5.51. The lowest BCUT2D eigenvalue weighted by Gasteiger charge is -2.26. The van der Waals surface area contributed by atoms with E-state index in [-0.39, 0.29) is 23.3 Å². The van der Waals surface area contributed by atoms with Crippen LogP contribution in [0.5, 0.6) is 0 Å². The first-order valence-corrected chi connectivity index (χ1v) is 12.6. The Morgan fingerprint density at radius 2 is 1.78 bits per heavy atom. The molecule has 36 heavy (non-hydrogen) atoms. The molecule has 0 spiro atoms. The molecule has 0 radical (unpaired) electrons. The highest BCUT2D eigenvalue weighted by Crippen LogP contribution is 2.25. The molecule has 8 nitrogen and oxygen atoms in total. The van der Waals surface area contributed by atoms with E-state index < -0.39 is 11.8 Å². The molecule has 1 aliphatic heterocycles. The Hall–Kier alpha value is -3.23. The monoisotopic (exact) mass is 491 g/mol. The van der Waals surface area contributed by atoms with Gasteiger partial charge in [0.25, 0.3) is 5.91 Å². The quantitative estimate of drug-likeness (QED) is 0.345. The minimum absolute atomic E-state index is 0.0605. The maximum atomic E-state index is 13.1. The van der Waals surface area contributed by atoms with Crippen molar-refractivity contribution in [2.75, 3.05) is 19.6 Å². The zero-order chi connectivity index (χ0) is 26.0. The van der Waals surface area contributed by atoms with Crippen molar-refractivity contribution in [2.45, 2.75) is 53.1 Å². The minimum atomic E-state index is -0.510. The molecular formula is C28H37N5O3. The molecule has 3 N–H and O–H groups in total. The second-order valence-electron chi connectivity index (χ2n) is 11.3. The van der Waals surface area contributed by atoms with Crippen LogP contribution in [0.1, 0.15) is 62.3 Å². The van der Waals surface area contributed by atoms with Crippen LogP contribution < -0.4 is 10.8 Å². The van der Waals surface area contributed by atoms with Gasteiger partial charge in [-0.05, 0) is 35.2 Å². The molecule has 3 aromatic rings. The van der Waals surface area contributed by atoms with Crippen molar-refractivity contribution in [1.82, 2.24) is 25.2 Å². The van der Waals surface area contributed by atoms with Crippen molar-refractivity contribution in [3.63, 3.8) is 0 Å². The van der Waals surface area contributed by atoms with E-state index in [9.17, 15) is 14.8 Å². The molecular weight excluding hydrogens is 454 g/mol. The molecule has 192 valence electrons. The Morgan fingerprint density at radius 3 is 2.42 bits per heavy atom. The van der Waals surface area contributed by atoms with Gasteiger partial charge in [0.15, 0.2) is 0 Å². The smallest absolute Gasteiger partial charge is 0.251 e. The molecule has 1 aromatic heterocycles. The predicted octanol–water partition coefficient (Wildman–Crippen LogP) is 3.79. The van der Waals surface area contributed by atoms with E-state index in [4.69, 9.17) is 4.98 Å². The number of carbonyl (C=O) groups is 2. The van der Waals surface area contributed by atoms with Gasteiger partial charge < -0.3 is 9.88 Å². The fourth-order valence-electron chi connectivity index (χ4n) is 5.08. The van der Waals surface area contributed by atoms with Gasteiger partial charge in [0.1, 0.15) is 5.82 Å². The average Bonchev–Trinajstić information content (AvgIpc) is 3.39. The molecule has 0 bridgehead atoms. The molecule has 1 fully saturated rings. The standard InChI is InChI=1S/C28H37N5O3/c1-18(2)25-29-22-8-6-7-9-24(22)33(25)14-19-10-12-20(13-11-19)26(34)30-23-16-32(17-28(3,4)5)15-21(23)27(35)31-36/h6-13,18,21,23,36H,14-17H2,1-5H3,(H,30,34)(H,31,35)/t21-,23+/m0/s1. The molecule has 4 rings (SSSR count). The lowest BCUT2D eigenvalue weighted by atomic mass is 9.96. The molecule has 1 saturated heterocycles. The summed E-state index contributed by atoms with van der Waals surface area (Å²) in [4.78, 5) is 32.3. The third kappa shape index (κ3) is 5.77. The summed E-state index contributed by atoms with van der Waals surface area (Å²) in [5.74, 6) is 0.115. The van der Waals surface area contributed by atoms with Gasteiger partial charge in [-0.2, -0.15) is 0 Å². The van der Waals surface area contributed by atoms with Crippen LogP contribution in [0.2, 0.25) is 0 Å². The number of aromatic nitrogens is 2. The van der Waals surface area contributed by atoms with Gasteiger partial charge in [-0.25, -0.2) is 10.5 Å². The van der Waals surface area contributed by atoms with E-state index in [0.717, 1.165) is 29.0 Å². The molecule has 2 heterocycles. The van der Waals surface area contributed by atoms with Crippen molar-refractivity contribution >= 4 is 22.8 Å². The summed E-state index contributed by atoms with van der Waals surface area (Å²) in [6.07, 6.45) is 0. The van der Waals surface area contributed by atoms with E-state index in [0.29, 0.717) is 25.2 Å². The second kappa shape index (κ2) is 10.4. The SMILES string of the molecule is CC(C)c1nc2ccccc2n1Cc1ccc(C(=O)N[C@@H]2CN(CC(C)(C)C)C[C@@H]2C(=O)NO)cc1. The largest absolute Gasteiger partial charge is 0.347 e. The molecule has 2 atom stereocenters. The van der Waals surface area contributed by atoms with Crippen LogP contribution in [0.25, 0.3) is 11.0 Å². The molecule has 0 unspecified atom stereocenters. The fourth-order valence-corrected chi connectivity index (χ4v) is 5.08. The van der Waals surface area contributed by atoms with Crippen molar-refractivity contribution < 1.29 is 14.8 Å². The van der Waals surface area contributed by atoms with E-state index >= 15 is 0 Å². The number of likely N-dealkylation sites (tertiary alicyclic amines) is 1. The van der Waals surface area contributed by atoms with E-state index in [2.05, 4.69) is 55.5 Å². The topological polar surface area (TPSA) is 99.5 Å². The Balaban J connectivity index is 1.47. The summed E-state index contributed by atoms with van der Waals surface area (Å²) in [7, 11) is 0. The second-order valence-corrected chi connectivity index (χ2v) is 11.3. The number of para-hydroxylation sites is 2. The molecule has 0 aliphatic carbocycles. The highest BCUT2D eigenvalue weighted by Gasteiger charge is 2.39. The van der Waals surface area contributed by atoms with Crippen molar-refractivity contribution in [1.29, 1.82) is 0 Å². The summed E-state index contributed by atoms with van der Waals surface area (Å²) in [6, 6.07) is 15.3. The maximum absolute atomic E-state index is 13.1. The first-order chi connectivity index (χ1) is 17.1. The molecule has 8 heteroatoms. The van der Waals surface area contributed by atoms with Gasteiger partial charge in [-0.15, -0.1) is 0 Å². The highest BCUT2D eigenvalue weighted by molar-refractivity contribution is 5.95. The number of hydroxylamine groups is 1. The van der Waals surface area contributed by atoms with Crippen LogP contribution in [0.4, 0.5) is 0 Å². The molecule has 2 amide bonds. The van der Waals surface area contributed by atoms with E-state index in [1.54, 1.807) is 5.48 Å². The molecule has 0 saturated carbocycles. The van der Waals surface area contributed by atoms with Crippen molar-refractivity contribution in [2.24, 2.45) is 11.3 Å². The number of carbonyl (C=O) groups excluding carboxylic acids is 2. The summed E-state index contributed by atoms with van der Waals surface area (Å²) < 4.78 is 2.23. The summed E-state index contributed by atoms with van der Waals surface area (Å²) >= 11 is 0. The van der Waals surface area contributed by atoms with Crippen molar-refractivity contribution in [3.8, 4) is 0 Å². The third-order valence-corrected chi connectivity index (χ3v) is 6.61. The Labute approximate surface area is 212 Å². The number of hydrogen-bond donors (Lipinski definition) is 3. The normalized spacial score (nSPS) is 18.6. The van der Waals surface area contributed by atoms with Gasteiger partial charge in [0, 0.05) is 37.7 Å². The number of amides is 2. The first kappa shape index (κ1) is 25.9. The number of hydrogen-bond acceptors (Lipinski definition) is 5. The van der Waals surface area contributed by atoms with Gasteiger partial charge >= 0.3 is 0 Å².